The largest absolute Gasteiger partial charge is 0.465 e. The van der Waals surface area contributed by atoms with E-state index in [1.54, 1.807) is 6.08 Å². The third-order valence-corrected chi connectivity index (χ3v) is 1.49. The van der Waals surface area contributed by atoms with Gasteiger partial charge in [0, 0.05) is 19.9 Å². The van der Waals surface area contributed by atoms with Gasteiger partial charge in [-0.2, -0.15) is 0 Å². The lowest BCUT2D eigenvalue weighted by atomic mass is 10.2. The fourth-order valence-electron chi connectivity index (χ4n) is 0.816. The van der Waals surface area contributed by atoms with Crippen LogP contribution in [0.15, 0.2) is 24.4 Å². The number of hydrogen-bond donors (Lipinski definition) is 1. The Balaban J connectivity index is 4.56. The fraction of sp³-hybridized carbons (Fsp3) is 0.400. The molecule has 0 rings (SSSR count). The average Bonchev–Trinajstić information content (AvgIpc) is 2.23. The van der Waals surface area contributed by atoms with Gasteiger partial charge in [-0.1, -0.05) is 6.08 Å². The minimum atomic E-state index is -0.686. The van der Waals surface area contributed by atoms with E-state index in [9.17, 15) is 9.59 Å². The van der Waals surface area contributed by atoms with Crippen molar-refractivity contribution in [1.29, 1.82) is 0 Å². The van der Waals surface area contributed by atoms with Gasteiger partial charge in [0.15, 0.2) is 5.78 Å². The number of carbonyl (C=O) groups excluding carboxylic acids is 2. The maximum Gasteiger partial charge on any atom is 0.343 e. The van der Waals surface area contributed by atoms with Crippen molar-refractivity contribution in [3.8, 4) is 0 Å². The van der Waals surface area contributed by atoms with Crippen LogP contribution in [-0.4, -0.2) is 39.1 Å². The van der Waals surface area contributed by atoms with Crippen molar-refractivity contribution in [3.63, 3.8) is 0 Å². The number of hydrogen-bond acceptors (Lipinski definition) is 5. The highest BCUT2D eigenvalue weighted by atomic mass is 16.5. The smallest absolute Gasteiger partial charge is 0.343 e. The molecule has 0 fully saturated rings. The molecule has 0 atom stereocenters. The predicted octanol–water partition coefficient (Wildman–Crippen LogP) is 0.0344. The predicted molar refractivity (Wildman–Crippen MR) is 55.2 cm³/mol. The van der Waals surface area contributed by atoms with Crippen LogP contribution in [-0.2, 0) is 19.1 Å². The van der Waals surface area contributed by atoms with Crippen LogP contribution in [0.2, 0.25) is 0 Å². The molecular weight excluding hydrogens is 198 g/mol. The van der Waals surface area contributed by atoms with Crippen LogP contribution in [0, 0.1) is 0 Å². The van der Waals surface area contributed by atoms with Crippen molar-refractivity contribution in [2.45, 2.75) is 0 Å². The zero-order valence-electron chi connectivity index (χ0n) is 8.91. The quantitative estimate of drug-likeness (QED) is 0.161. The Morgan fingerprint density at radius 2 is 2.07 bits per heavy atom. The minimum absolute atomic E-state index is 0.0683. The van der Waals surface area contributed by atoms with Gasteiger partial charge >= 0.3 is 5.97 Å². The summed E-state index contributed by atoms with van der Waals surface area (Å²) in [7, 11) is 2.59. The van der Waals surface area contributed by atoms with E-state index in [0.717, 1.165) is 0 Å². The van der Waals surface area contributed by atoms with Gasteiger partial charge in [0.25, 0.3) is 0 Å². The molecule has 0 unspecified atom stereocenters. The van der Waals surface area contributed by atoms with Crippen molar-refractivity contribution < 1.29 is 19.1 Å². The second kappa shape index (κ2) is 7.75. The monoisotopic (exact) mass is 213 g/mol. The summed E-state index contributed by atoms with van der Waals surface area (Å²) in [6.45, 7) is 3.79. The van der Waals surface area contributed by atoms with E-state index >= 15 is 0 Å². The Labute approximate surface area is 88.7 Å². The molecule has 5 nitrogen and oxygen atoms in total. The lowest BCUT2D eigenvalue weighted by Gasteiger charge is -2.04. The minimum Gasteiger partial charge on any atom is -0.465 e. The normalized spacial score (nSPS) is 10.7. The molecule has 0 aliphatic heterocycles. The SMILES string of the molecule is C=CCN/C=C(\C(=O)COC)C(=O)OC. The maximum atomic E-state index is 11.4. The average molecular weight is 213 g/mol. The van der Waals surface area contributed by atoms with Crippen LogP contribution in [0.25, 0.3) is 0 Å². The molecule has 0 heterocycles. The number of nitrogens with one attached hydrogen (secondary N) is 1. The molecule has 84 valence electrons. The van der Waals surface area contributed by atoms with Crippen LogP contribution in [0.4, 0.5) is 0 Å². The van der Waals surface area contributed by atoms with Gasteiger partial charge in [-0.15, -0.1) is 6.58 Å². The lowest BCUT2D eigenvalue weighted by Crippen LogP contribution is -2.21. The van der Waals surface area contributed by atoms with E-state index in [4.69, 9.17) is 0 Å². The summed E-state index contributed by atoms with van der Waals surface area (Å²) in [5.41, 5.74) is -0.0683. The van der Waals surface area contributed by atoms with Crippen LogP contribution >= 0.6 is 0 Å². The van der Waals surface area contributed by atoms with E-state index in [1.165, 1.54) is 20.4 Å². The number of rotatable bonds is 7. The first-order valence-electron chi connectivity index (χ1n) is 4.32. The molecular formula is C10H15NO4. The zero-order chi connectivity index (χ0) is 11.7. The Bertz CT molecular complexity index is 271. The van der Waals surface area contributed by atoms with E-state index < -0.39 is 11.8 Å². The van der Waals surface area contributed by atoms with Crippen molar-refractivity contribution in [2.75, 3.05) is 27.4 Å². The third-order valence-electron chi connectivity index (χ3n) is 1.49. The molecule has 0 bridgehead atoms. The van der Waals surface area contributed by atoms with Crippen LogP contribution < -0.4 is 5.32 Å². The van der Waals surface area contributed by atoms with E-state index in [1.807, 2.05) is 0 Å². The zero-order valence-corrected chi connectivity index (χ0v) is 8.91. The molecule has 5 heteroatoms. The summed E-state index contributed by atoms with van der Waals surface area (Å²) in [5.74, 6) is -1.12. The van der Waals surface area contributed by atoms with Crippen LogP contribution in [0.5, 0.6) is 0 Å². The number of esters is 1. The number of Topliss-reactive ketones (excluding diaryl/α,β-unsaturated/α-hetero) is 1. The molecule has 0 aliphatic rings. The standard InChI is InChI=1S/C10H15NO4/c1-4-5-11-6-8(10(13)15-3)9(12)7-14-2/h4,6,11H,1,5,7H2,2-3H3/b8-6+. The number of carbonyl (C=O) groups is 2. The van der Waals surface area contributed by atoms with Gasteiger partial charge in [0.2, 0.25) is 0 Å². The fourth-order valence-corrected chi connectivity index (χ4v) is 0.816. The molecule has 1 N–H and O–H groups in total. The second-order valence-electron chi connectivity index (χ2n) is 2.60. The first-order valence-corrected chi connectivity index (χ1v) is 4.32. The van der Waals surface area contributed by atoms with E-state index in [0.29, 0.717) is 6.54 Å². The van der Waals surface area contributed by atoms with Gasteiger partial charge < -0.3 is 14.8 Å². The third kappa shape index (κ3) is 4.97. The molecule has 0 amide bonds. The molecule has 15 heavy (non-hydrogen) atoms. The second-order valence-corrected chi connectivity index (χ2v) is 2.60. The van der Waals surface area contributed by atoms with Gasteiger partial charge in [0.05, 0.1) is 7.11 Å². The Hall–Kier alpha value is -1.62. The first-order chi connectivity index (χ1) is 7.17. The number of ketones is 1. The van der Waals surface area contributed by atoms with Gasteiger partial charge in [-0.3, -0.25) is 4.79 Å². The summed E-state index contributed by atoms with van der Waals surface area (Å²) in [4.78, 5) is 22.6. The summed E-state index contributed by atoms with van der Waals surface area (Å²) in [5, 5.41) is 2.73. The Morgan fingerprint density at radius 1 is 1.40 bits per heavy atom. The molecule has 0 saturated carbocycles. The molecule has 0 aromatic carbocycles. The summed E-state index contributed by atoms with van der Waals surface area (Å²) >= 11 is 0. The van der Waals surface area contributed by atoms with Crippen LogP contribution in [0.1, 0.15) is 0 Å². The molecule has 0 radical (unpaired) electrons. The number of ether oxygens (including phenoxy) is 2. The molecule has 0 saturated heterocycles. The maximum absolute atomic E-state index is 11.4. The van der Waals surface area contributed by atoms with Crippen LogP contribution in [0.3, 0.4) is 0 Å². The highest BCUT2D eigenvalue weighted by molar-refractivity contribution is 6.17. The van der Waals surface area contributed by atoms with Crippen molar-refractivity contribution in [3.05, 3.63) is 24.4 Å². The summed E-state index contributed by atoms with van der Waals surface area (Å²) in [6, 6.07) is 0. The molecule has 0 aromatic rings. The van der Waals surface area contributed by atoms with Gasteiger partial charge in [-0.05, 0) is 0 Å². The Morgan fingerprint density at radius 3 is 2.53 bits per heavy atom. The van der Waals surface area contributed by atoms with E-state index in [2.05, 4.69) is 21.4 Å². The molecule has 0 aromatic heterocycles. The highest BCUT2D eigenvalue weighted by Crippen LogP contribution is 1.98. The van der Waals surface area contributed by atoms with Gasteiger partial charge in [-0.25, -0.2) is 4.79 Å². The summed E-state index contributed by atoms with van der Waals surface area (Å²) in [6.07, 6.45) is 2.90. The Kier molecular flexibility index (Phi) is 6.92. The highest BCUT2D eigenvalue weighted by Gasteiger charge is 2.18. The number of methoxy groups -OCH3 is 2. The van der Waals surface area contributed by atoms with Gasteiger partial charge in [0.1, 0.15) is 12.2 Å². The van der Waals surface area contributed by atoms with Crippen molar-refractivity contribution in [1.82, 2.24) is 5.32 Å². The molecule has 0 spiro atoms. The molecule has 0 aliphatic carbocycles. The topological polar surface area (TPSA) is 64.6 Å². The lowest BCUT2D eigenvalue weighted by molar-refractivity contribution is -0.138. The van der Waals surface area contributed by atoms with Crippen molar-refractivity contribution >= 4 is 11.8 Å². The van der Waals surface area contributed by atoms with E-state index in [-0.39, 0.29) is 12.2 Å². The summed E-state index contributed by atoms with van der Waals surface area (Å²) < 4.78 is 9.10. The van der Waals surface area contributed by atoms with Crippen molar-refractivity contribution in [2.24, 2.45) is 0 Å². The first kappa shape index (κ1) is 13.4.